The number of nitrogens with one attached hydrogen (secondary N) is 1. The van der Waals surface area contributed by atoms with E-state index in [-0.39, 0.29) is 20.9 Å². The summed E-state index contributed by atoms with van der Waals surface area (Å²) >= 11 is 2.99. The minimum atomic E-state index is -3.81. The van der Waals surface area contributed by atoms with Crippen molar-refractivity contribution in [1.29, 1.82) is 0 Å². The molecule has 0 aliphatic carbocycles. The van der Waals surface area contributed by atoms with E-state index in [0.717, 1.165) is 12.3 Å². The van der Waals surface area contributed by atoms with Crippen molar-refractivity contribution in [3.63, 3.8) is 0 Å². The third-order valence-electron chi connectivity index (χ3n) is 2.24. The largest absolute Gasteiger partial charge is 0.384 e. The molecule has 0 saturated carbocycles. The molecule has 0 bridgehead atoms. The van der Waals surface area contributed by atoms with Gasteiger partial charge in [0, 0.05) is 6.20 Å². The van der Waals surface area contributed by atoms with Crippen molar-refractivity contribution in [1.82, 2.24) is 4.98 Å². The summed E-state index contributed by atoms with van der Waals surface area (Å²) in [6.07, 6.45) is 1.13. The Morgan fingerprint density at radius 1 is 1.26 bits per heavy atom. The lowest BCUT2D eigenvalue weighted by Crippen LogP contribution is -2.13. The number of nitrogens with two attached hydrogens (primary N) is 1. The van der Waals surface area contributed by atoms with Crippen LogP contribution in [0.5, 0.6) is 0 Å². The summed E-state index contributed by atoms with van der Waals surface area (Å²) in [5, 5.41) is 0. The minimum Gasteiger partial charge on any atom is -0.384 e. The molecule has 2 aromatic rings. The second kappa shape index (κ2) is 5.14. The summed E-state index contributed by atoms with van der Waals surface area (Å²) in [4.78, 5) is 3.64. The summed E-state index contributed by atoms with van der Waals surface area (Å²) in [6, 6.07) is 6.62. The Morgan fingerprint density at radius 3 is 2.58 bits per heavy atom. The van der Waals surface area contributed by atoms with Gasteiger partial charge in [0.2, 0.25) is 0 Å². The maximum atomic E-state index is 13.3. The molecule has 3 N–H and O–H groups in total. The zero-order valence-corrected chi connectivity index (χ0v) is 11.9. The number of aromatic nitrogens is 1. The number of hydrogen-bond donors (Lipinski definition) is 2. The van der Waals surface area contributed by atoms with Crippen LogP contribution in [0.3, 0.4) is 0 Å². The van der Waals surface area contributed by atoms with Gasteiger partial charge in [0.05, 0.1) is 10.2 Å². The Labute approximate surface area is 117 Å². The van der Waals surface area contributed by atoms with Crippen LogP contribution in [0.15, 0.2) is 45.9 Å². The number of nitrogens with zero attached hydrogens (tertiary/aromatic N) is 1. The highest BCUT2D eigenvalue weighted by atomic mass is 79.9. The van der Waals surface area contributed by atoms with Crippen LogP contribution in [0.25, 0.3) is 0 Å². The number of hydrogen-bond acceptors (Lipinski definition) is 4. The first-order valence-electron chi connectivity index (χ1n) is 5.08. The van der Waals surface area contributed by atoms with E-state index in [1.165, 1.54) is 24.3 Å². The molecule has 0 fully saturated rings. The van der Waals surface area contributed by atoms with E-state index in [0.29, 0.717) is 0 Å². The Bertz CT molecular complexity index is 704. The number of sulfonamides is 1. The standard InChI is InChI=1S/C11H9BrFN3O2S/c12-9-3-1-7(5-10(9)13)16-19(17,18)8-2-4-11(14)15-6-8/h1-6,16H,(H2,14,15). The molecule has 0 radical (unpaired) electrons. The van der Waals surface area contributed by atoms with E-state index in [9.17, 15) is 12.8 Å². The third kappa shape index (κ3) is 3.21. The Balaban J connectivity index is 2.30. The van der Waals surface area contributed by atoms with Crippen molar-refractivity contribution in [2.45, 2.75) is 4.90 Å². The van der Waals surface area contributed by atoms with Crippen LogP contribution in [0.2, 0.25) is 0 Å². The van der Waals surface area contributed by atoms with E-state index in [2.05, 4.69) is 25.6 Å². The van der Waals surface area contributed by atoms with Crippen molar-refractivity contribution in [2.75, 3.05) is 10.5 Å². The molecule has 0 spiro atoms. The molecular formula is C11H9BrFN3O2S. The van der Waals surface area contributed by atoms with Gasteiger partial charge in [-0.25, -0.2) is 17.8 Å². The van der Waals surface area contributed by atoms with Crippen molar-refractivity contribution >= 4 is 37.5 Å². The van der Waals surface area contributed by atoms with Gasteiger partial charge in [-0.05, 0) is 46.3 Å². The fourth-order valence-electron chi connectivity index (χ4n) is 1.32. The molecule has 8 heteroatoms. The lowest BCUT2D eigenvalue weighted by molar-refractivity contribution is 0.600. The van der Waals surface area contributed by atoms with Gasteiger partial charge in [0.1, 0.15) is 16.5 Å². The van der Waals surface area contributed by atoms with Crippen LogP contribution in [0.1, 0.15) is 0 Å². The number of nitrogen functional groups attached to an aromatic ring is 1. The monoisotopic (exact) mass is 345 g/mol. The molecule has 0 saturated heterocycles. The normalized spacial score (nSPS) is 11.3. The zero-order valence-electron chi connectivity index (χ0n) is 9.47. The first kappa shape index (κ1) is 13.8. The average Bonchev–Trinajstić information content (AvgIpc) is 2.34. The first-order chi connectivity index (χ1) is 8.88. The zero-order chi connectivity index (χ0) is 14.0. The third-order valence-corrected chi connectivity index (χ3v) is 4.25. The van der Waals surface area contributed by atoms with Gasteiger partial charge >= 0.3 is 0 Å². The predicted molar refractivity (Wildman–Crippen MR) is 73.6 cm³/mol. The molecular weight excluding hydrogens is 337 g/mol. The van der Waals surface area contributed by atoms with Gasteiger partial charge in [0.15, 0.2) is 0 Å². The highest BCUT2D eigenvalue weighted by Crippen LogP contribution is 2.21. The molecule has 100 valence electrons. The average molecular weight is 346 g/mol. The maximum Gasteiger partial charge on any atom is 0.263 e. The SMILES string of the molecule is Nc1ccc(S(=O)(=O)Nc2ccc(Br)c(F)c2)cn1. The van der Waals surface area contributed by atoms with Crippen LogP contribution in [-0.4, -0.2) is 13.4 Å². The van der Waals surface area contributed by atoms with Gasteiger partial charge in [-0.15, -0.1) is 0 Å². The minimum absolute atomic E-state index is 0.0509. The van der Waals surface area contributed by atoms with E-state index in [4.69, 9.17) is 5.73 Å². The molecule has 5 nitrogen and oxygen atoms in total. The molecule has 0 unspecified atom stereocenters. The molecule has 0 atom stereocenters. The quantitative estimate of drug-likeness (QED) is 0.894. The van der Waals surface area contributed by atoms with Crippen molar-refractivity contribution in [3.05, 3.63) is 46.8 Å². The van der Waals surface area contributed by atoms with Gasteiger partial charge in [-0.3, -0.25) is 4.72 Å². The number of benzene rings is 1. The summed E-state index contributed by atoms with van der Waals surface area (Å²) in [6.45, 7) is 0. The number of anilines is 2. The van der Waals surface area contributed by atoms with Crippen molar-refractivity contribution in [3.8, 4) is 0 Å². The predicted octanol–water partition coefficient (Wildman–Crippen LogP) is 2.37. The molecule has 1 aromatic heterocycles. The Hall–Kier alpha value is -1.67. The van der Waals surface area contributed by atoms with Crippen molar-refractivity contribution < 1.29 is 12.8 Å². The van der Waals surface area contributed by atoms with Gasteiger partial charge in [0.25, 0.3) is 10.0 Å². The second-order valence-electron chi connectivity index (χ2n) is 3.65. The van der Waals surface area contributed by atoms with E-state index < -0.39 is 15.8 Å². The second-order valence-corrected chi connectivity index (χ2v) is 6.19. The number of halogens is 2. The number of pyridine rings is 1. The lowest BCUT2D eigenvalue weighted by Gasteiger charge is -2.08. The highest BCUT2D eigenvalue weighted by molar-refractivity contribution is 9.10. The van der Waals surface area contributed by atoms with E-state index in [1.807, 2.05) is 0 Å². The summed E-state index contributed by atoms with van der Waals surface area (Å²) in [5.74, 6) is -0.343. The topological polar surface area (TPSA) is 85.1 Å². The van der Waals surface area contributed by atoms with Crippen LogP contribution < -0.4 is 10.5 Å². The van der Waals surface area contributed by atoms with Crippen LogP contribution in [0, 0.1) is 5.82 Å². The number of rotatable bonds is 3. The van der Waals surface area contributed by atoms with Gasteiger partial charge in [-0.1, -0.05) is 0 Å². The van der Waals surface area contributed by atoms with Crippen molar-refractivity contribution in [2.24, 2.45) is 0 Å². The van der Waals surface area contributed by atoms with E-state index >= 15 is 0 Å². The molecule has 1 aromatic carbocycles. The highest BCUT2D eigenvalue weighted by Gasteiger charge is 2.15. The Kier molecular flexibility index (Phi) is 3.72. The van der Waals surface area contributed by atoms with Crippen LogP contribution in [-0.2, 0) is 10.0 Å². The Morgan fingerprint density at radius 2 is 2.00 bits per heavy atom. The molecule has 19 heavy (non-hydrogen) atoms. The fourth-order valence-corrected chi connectivity index (χ4v) is 2.56. The van der Waals surface area contributed by atoms with Crippen LogP contribution in [0.4, 0.5) is 15.9 Å². The maximum absolute atomic E-state index is 13.3. The smallest absolute Gasteiger partial charge is 0.263 e. The lowest BCUT2D eigenvalue weighted by atomic mass is 10.3. The summed E-state index contributed by atoms with van der Waals surface area (Å²) in [5.41, 5.74) is 5.50. The molecule has 0 amide bonds. The summed E-state index contributed by atoms with van der Waals surface area (Å²) in [7, 11) is -3.81. The molecule has 0 aliphatic heterocycles. The first-order valence-corrected chi connectivity index (χ1v) is 7.35. The van der Waals surface area contributed by atoms with Gasteiger partial charge in [-0.2, -0.15) is 0 Å². The van der Waals surface area contributed by atoms with E-state index in [1.54, 1.807) is 0 Å². The summed E-state index contributed by atoms with van der Waals surface area (Å²) < 4.78 is 39.8. The molecule has 0 aliphatic rings. The fraction of sp³-hybridized carbons (Fsp3) is 0. The van der Waals surface area contributed by atoms with Gasteiger partial charge < -0.3 is 5.73 Å². The molecule has 1 heterocycles. The molecule has 2 rings (SSSR count). The van der Waals surface area contributed by atoms with Crippen LogP contribution >= 0.6 is 15.9 Å².